The van der Waals surface area contributed by atoms with Crippen molar-refractivity contribution < 1.29 is 9.59 Å². The van der Waals surface area contributed by atoms with Gasteiger partial charge in [0.25, 0.3) is 0 Å². The molecule has 39 heavy (non-hydrogen) atoms. The first kappa shape index (κ1) is 27.1. The number of carbonyl (C=O) groups excluding carboxylic acids is 2. The van der Waals surface area contributed by atoms with E-state index in [-0.39, 0.29) is 11.8 Å². The van der Waals surface area contributed by atoms with Gasteiger partial charge in [-0.3, -0.25) is 19.5 Å². The van der Waals surface area contributed by atoms with E-state index in [0.717, 1.165) is 29.9 Å². The topological polar surface area (TPSA) is 68.2 Å². The highest BCUT2D eigenvalue weighted by Gasteiger charge is 2.35. The molecule has 1 saturated heterocycles. The van der Waals surface area contributed by atoms with Gasteiger partial charge in [0.15, 0.2) is 0 Å². The number of benzene rings is 3. The third-order valence-electron chi connectivity index (χ3n) is 7.82. The minimum Gasteiger partial charge on any atom is -0.325 e. The highest BCUT2D eigenvalue weighted by molar-refractivity contribution is 6.31. The Morgan fingerprint density at radius 3 is 2.46 bits per heavy atom. The Labute approximate surface area is 235 Å². The second kappa shape index (κ2) is 11.3. The molecular weight excluding hydrogens is 510 g/mol. The van der Waals surface area contributed by atoms with E-state index in [1.807, 2.05) is 67.7 Å². The van der Waals surface area contributed by atoms with Gasteiger partial charge in [-0.2, -0.15) is 0 Å². The molecule has 0 aromatic heterocycles. The summed E-state index contributed by atoms with van der Waals surface area (Å²) in [6.07, 6.45) is 0. The Hall–Kier alpha value is -3.52. The number of hydrogen-bond donors (Lipinski definition) is 1. The van der Waals surface area contributed by atoms with Crippen LogP contribution in [0.2, 0.25) is 5.02 Å². The van der Waals surface area contributed by atoms with Crippen molar-refractivity contribution in [3.8, 4) is 0 Å². The monoisotopic (exact) mass is 543 g/mol. The van der Waals surface area contributed by atoms with E-state index in [2.05, 4.69) is 36.0 Å². The van der Waals surface area contributed by atoms with Crippen LogP contribution < -0.4 is 10.2 Å². The largest absolute Gasteiger partial charge is 0.325 e. The number of anilines is 2. The second-order valence-corrected chi connectivity index (χ2v) is 11.0. The molecule has 1 fully saturated rings. The summed E-state index contributed by atoms with van der Waals surface area (Å²) in [5, 5.41) is 3.52. The van der Waals surface area contributed by atoms with Crippen LogP contribution in [-0.4, -0.2) is 73.1 Å². The van der Waals surface area contributed by atoms with E-state index in [0.29, 0.717) is 40.7 Å². The molecule has 202 valence electrons. The van der Waals surface area contributed by atoms with Gasteiger partial charge in [-0.15, -0.1) is 0 Å². The number of nitrogens with zero attached hydrogens (tertiary/aromatic N) is 4. The number of amides is 2. The first-order valence-corrected chi connectivity index (χ1v) is 13.6. The fraction of sp³-hybridized carbons (Fsp3) is 0.323. The van der Waals surface area contributed by atoms with E-state index in [4.69, 9.17) is 16.6 Å². The minimum atomic E-state index is -0.559. The Balaban J connectivity index is 1.38. The maximum atomic E-state index is 13.1. The van der Waals surface area contributed by atoms with Crippen LogP contribution in [0.15, 0.2) is 77.8 Å². The molecule has 2 amide bonds. The number of carbonyl (C=O) groups is 2. The highest BCUT2D eigenvalue weighted by Crippen LogP contribution is 2.37. The molecular formula is C31H34ClN5O2. The van der Waals surface area contributed by atoms with Gasteiger partial charge in [0.2, 0.25) is 11.8 Å². The molecule has 5 rings (SSSR count). The average molecular weight is 544 g/mol. The van der Waals surface area contributed by atoms with Gasteiger partial charge in [0, 0.05) is 48.6 Å². The number of nitrogens with one attached hydrogen (secondary N) is 1. The maximum absolute atomic E-state index is 13.1. The van der Waals surface area contributed by atoms with Crippen LogP contribution in [0.1, 0.15) is 30.9 Å². The van der Waals surface area contributed by atoms with Crippen LogP contribution in [0.25, 0.3) is 0 Å². The smallest absolute Gasteiger partial charge is 0.240 e. The highest BCUT2D eigenvalue weighted by atomic mass is 35.5. The van der Waals surface area contributed by atoms with Gasteiger partial charge in [0.05, 0.1) is 17.9 Å². The summed E-state index contributed by atoms with van der Waals surface area (Å²) in [5.74, 6) is -0.640. The van der Waals surface area contributed by atoms with Crippen molar-refractivity contribution in [2.45, 2.75) is 31.8 Å². The average Bonchev–Trinajstić information content (AvgIpc) is 3.25. The quantitative estimate of drug-likeness (QED) is 0.435. The molecule has 7 nitrogen and oxygen atoms in total. The SMILES string of the molecule is C[C@@H]1CN(C)[C@@H](C)CN1CC(=O)N(C)c1ccc(N=C(c2ccccc2)C2C(=O)Nc3cc(Cl)ccc32)cc1. The van der Waals surface area contributed by atoms with E-state index in [1.165, 1.54) is 0 Å². The number of aliphatic imine (C=N–C) groups is 1. The molecule has 2 aliphatic rings. The number of hydrogen-bond acceptors (Lipinski definition) is 5. The van der Waals surface area contributed by atoms with Gasteiger partial charge in [-0.05, 0) is 68.4 Å². The Morgan fingerprint density at radius 2 is 1.74 bits per heavy atom. The van der Waals surface area contributed by atoms with Crippen LogP contribution in [0.5, 0.6) is 0 Å². The summed E-state index contributed by atoms with van der Waals surface area (Å²) < 4.78 is 0. The molecule has 0 radical (unpaired) electrons. The van der Waals surface area contributed by atoms with Crippen molar-refractivity contribution >= 4 is 46.2 Å². The van der Waals surface area contributed by atoms with Crippen molar-refractivity contribution in [2.24, 2.45) is 4.99 Å². The van der Waals surface area contributed by atoms with Crippen LogP contribution in [0, 0.1) is 0 Å². The lowest BCUT2D eigenvalue weighted by Crippen LogP contribution is -2.57. The van der Waals surface area contributed by atoms with Gasteiger partial charge < -0.3 is 15.1 Å². The molecule has 0 aliphatic carbocycles. The molecule has 2 heterocycles. The Bertz CT molecular complexity index is 1390. The Morgan fingerprint density at radius 1 is 1.03 bits per heavy atom. The summed E-state index contributed by atoms with van der Waals surface area (Å²) >= 11 is 6.17. The van der Waals surface area contributed by atoms with Gasteiger partial charge in [-0.25, -0.2) is 0 Å². The number of fused-ring (bicyclic) bond motifs is 1. The molecule has 3 aromatic rings. The predicted octanol–water partition coefficient (Wildman–Crippen LogP) is 5.18. The van der Waals surface area contributed by atoms with E-state index in [1.54, 1.807) is 17.0 Å². The van der Waals surface area contributed by atoms with Crippen molar-refractivity contribution in [1.29, 1.82) is 0 Å². The fourth-order valence-electron chi connectivity index (χ4n) is 5.32. The zero-order valence-electron chi connectivity index (χ0n) is 22.8. The third-order valence-corrected chi connectivity index (χ3v) is 8.05. The number of likely N-dealkylation sites (N-methyl/N-ethyl adjacent to an activating group) is 2. The summed E-state index contributed by atoms with van der Waals surface area (Å²) in [6.45, 7) is 6.57. The summed E-state index contributed by atoms with van der Waals surface area (Å²) in [6, 6.07) is 23.5. The number of rotatable bonds is 6. The Kier molecular flexibility index (Phi) is 7.84. The standard InChI is InChI=1S/C31H34ClN5O2/c1-20-18-37(21(2)17-35(20)3)19-28(38)36(4)25-13-11-24(12-14-25)33-30(22-8-6-5-7-9-22)29-26-15-10-23(32)16-27(26)34-31(29)39/h5-16,20-21,29H,17-19H2,1-4H3,(H,34,39)/t20-,21+,29?/m0/s1. The molecule has 3 atom stereocenters. The van der Waals surface area contributed by atoms with Gasteiger partial charge >= 0.3 is 0 Å². The molecule has 3 aromatic carbocycles. The lowest BCUT2D eigenvalue weighted by Gasteiger charge is -2.42. The summed E-state index contributed by atoms with van der Waals surface area (Å²) in [5.41, 5.74) is 4.59. The zero-order valence-corrected chi connectivity index (χ0v) is 23.5. The number of piperazine rings is 1. The van der Waals surface area contributed by atoms with Crippen molar-refractivity contribution in [3.05, 3.63) is 88.9 Å². The number of halogens is 1. The zero-order chi connectivity index (χ0) is 27.7. The predicted molar refractivity (Wildman–Crippen MR) is 158 cm³/mol. The van der Waals surface area contributed by atoms with Crippen LogP contribution in [-0.2, 0) is 9.59 Å². The molecule has 1 N–H and O–H groups in total. The first-order chi connectivity index (χ1) is 18.7. The second-order valence-electron chi connectivity index (χ2n) is 10.6. The normalized spacial score (nSPS) is 21.9. The van der Waals surface area contributed by atoms with Crippen molar-refractivity contribution in [3.63, 3.8) is 0 Å². The third kappa shape index (κ3) is 5.76. The lowest BCUT2D eigenvalue weighted by molar-refractivity contribution is -0.121. The first-order valence-electron chi connectivity index (χ1n) is 13.3. The lowest BCUT2D eigenvalue weighted by atomic mass is 9.90. The fourth-order valence-corrected chi connectivity index (χ4v) is 5.49. The maximum Gasteiger partial charge on any atom is 0.240 e. The van der Waals surface area contributed by atoms with Crippen LogP contribution in [0.4, 0.5) is 17.1 Å². The van der Waals surface area contributed by atoms with Gasteiger partial charge in [-0.1, -0.05) is 48.0 Å². The molecule has 0 saturated carbocycles. The molecule has 0 spiro atoms. The van der Waals surface area contributed by atoms with Crippen LogP contribution >= 0.6 is 11.6 Å². The summed E-state index contributed by atoms with van der Waals surface area (Å²) in [7, 11) is 3.94. The van der Waals surface area contributed by atoms with Gasteiger partial charge in [0.1, 0.15) is 5.92 Å². The van der Waals surface area contributed by atoms with E-state index < -0.39 is 5.92 Å². The van der Waals surface area contributed by atoms with Crippen LogP contribution in [0.3, 0.4) is 0 Å². The minimum absolute atomic E-state index is 0.0534. The molecule has 1 unspecified atom stereocenters. The molecule has 2 aliphatic heterocycles. The van der Waals surface area contributed by atoms with Crippen molar-refractivity contribution in [1.82, 2.24) is 9.80 Å². The summed E-state index contributed by atoms with van der Waals surface area (Å²) in [4.78, 5) is 37.5. The van der Waals surface area contributed by atoms with E-state index in [9.17, 15) is 9.59 Å². The van der Waals surface area contributed by atoms with E-state index >= 15 is 0 Å². The molecule has 8 heteroatoms. The molecule has 0 bridgehead atoms. The van der Waals surface area contributed by atoms with Crippen molar-refractivity contribution in [2.75, 3.05) is 43.9 Å².